The minimum Gasteiger partial charge on any atom is -0.438 e. The number of halogens is 2. The van der Waals surface area contributed by atoms with E-state index in [9.17, 15) is 10.1 Å². The van der Waals surface area contributed by atoms with Crippen molar-refractivity contribution in [2.24, 2.45) is 16.7 Å². The van der Waals surface area contributed by atoms with Crippen molar-refractivity contribution in [3.63, 3.8) is 0 Å². The number of rotatable bonds is 6. The van der Waals surface area contributed by atoms with Crippen LogP contribution in [0.25, 0.3) is 0 Å². The first-order valence-corrected chi connectivity index (χ1v) is 9.06. The lowest BCUT2D eigenvalue weighted by molar-refractivity contribution is -0.163. The molecule has 4 nitrogen and oxygen atoms in total. The molecule has 0 spiro atoms. The van der Waals surface area contributed by atoms with E-state index in [1.807, 2.05) is 50.3 Å². The number of ether oxygens (including phenoxy) is 2. The van der Waals surface area contributed by atoms with Crippen LogP contribution in [0, 0.1) is 28.1 Å². The van der Waals surface area contributed by atoms with Crippen LogP contribution in [0.5, 0.6) is 0 Å². The molecule has 0 aromatic heterocycles. The van der Waals surface area contributed by atoms with Gasteiger partial charge in [0.15, 0.2) is 6.79 Å². The number of benzene rings is 1. The minimum atomic E-state index is -0.964. The fourth-order valence-electron chi connectivity index (χ4n) is 3.68. The Morgan fingerprint density at radius 1 is 1.38 bits per heavy atom. The van der Waals surface area contributed by atoms with Gasteiger partial charge in [-0.05, 0) is 42.8 Å². The topological polar surface area (TPSA) is 59.3 Å². The summed E-state index contributed by atoms with van der Waals surface area (Å²) in [4.78, 5) is 13.0. The molecule has 0 N–H and O–H groups in total. The monoisotopic (exact) mass is 455 g/mol. The van der Waals surface area contributed by atoms with Gasteiger partial charge in [-0.25, -0.2) is 0 Å². The molecule has 0 saturated heterocycles. The summed E-state index contributed by atoms with van der Waals surface area (Å²) >= 11 is 6.73. The molecule has 0 radical (unpaired) electrons. The average Bonchev–Trinajstić information content (AvgIpc) is 3.02. The summed E-state index contributed by atoms with van der Waals surface area (Å²) in [7, 11) is 1.46. The molecule has 1 aliphatic carbocycles. The first-order valence-electron chi connectivity index (χ1n) is 7.47. The number of carbonyl (C=O) groups is 1. The predicted molar refractivity (Wildman–Crippen MR) is 98.4 cm³/mol. The van der Waals surface area contributed by atoms with Gasteiger partial charge in [0.05, 0.1) is 15.4 Å². The highest BCUT2D eigenvalue weighted by molar-refractivity contribution is 9.28. The van der Waals surface area contributed by atoms with Gasteiger partial charge in [-0.1, -0.05) is 50.3 Å². The second kappa shape index (κ2) is 7.38. The van der Waals surface area contributed by atoms with E-state index in [-0.39, 0.29) is 12.7 Å². The van der Waals surface area contributed by atoms with Gasteiger partial charge in [-0.3, -0.25) is 4.79 Å². The van der Waals surface area contributed by atoms with Gasteiger partial charge < -0.3 is 9.47 Å². The number of allylic oxidation sites excluding steroid dienone is 1. The molecule has 24 heavy (non-hydrogen) atoms. The lowest BCUT2D eigenvalue weighted by Gasteiger charge is -2.24. The molecular formula is C18H19Br2NO3. The van der Waals surface area contributed by atoms with Gasteiger partial charge in [-0.2, -0.15) is 5.26 Å². The van der Waals surface area contributed by atoms with Crippen molar-refractivity contribution in [3.8, 4) is 6.07 Å². The highest BCUT2D eigenvalue weighted by Gasteiger charge is 2.79. The average molecular weight is 457 g/mol. The van der Waals surface area contributed by atoms with Gasteiger partial charge in [0.2, 0.25) is 0 Å². The fraction of sp³-hybridized carbons (Fsp3) is 0.444. The number of nitrogens with zero attached hydrogens (tertiary/aromatic N) is 1. The highest BCUT2D eigenvalue weighted by atomic mass is 79.9. The molecule has 1 aliphatic rings. The van der Waals surface area contributed by atoms with Crippen LogP contribution in [-0.2, 0) is 14.3 Å². The Kier molecular flexibility index (Phi) is 5.90. The van der Waals surface area contributed by atoms with E-state index in [0.29, 0.717) is 0 Å². The third-order valence-electron chi connectivity index (χ3n) is 4.91. The molecule has 6 heteroatoms. The zero-order valence-corrected chi connectivity index (χ0v) is 16.9. The molecule has 1 aromatic carbocycles. The first kappa shape index (κ1) is 19.2. The molecule has 1 fully saturated rings. The van der Waals surface area contributed by atoms with E-state index in [1.165, 1.54) is 7.11 Å². The number of nitriles is 1. The summed E-state index contributed by atoms with van der Waals surface area (Å²) in [6.45, 7) is 3.84. The number of hydrogen-bond donors (Lipinski definition) is 0. The maximum atomic E-state index is 13.0. The maximum Gasteiger partial charge on any atom is 0.317 e. The van der Waals surface area contributed by atoms with E-state index >= 15 is 0 Å². The summed E-state index contributed by atoms with van der Waals surface area (Å²) < 4.78 is 10.9. The lowest BCUT2D eigenvalue weighted by atomic mass is 9.78. The third kappa shape index (κ3) is 3.05. The largest absolute Gasteiger partial charge is 0.438 e. The Hall–Kier alpha value is -1.16. The van der Waals surface area contributed by atoms with Crippen LogP contribution >= 0.6 is 31.9 Å². The SMILES string of the molecule is COCOC(=O)C1(C(C#N)c2ccccc2)C(C=C(Br)Br)C1(C)C. The number of esters is 1. The van der Waals surface area contributed by atoms with E-state index in [2.05, 4.69) is 37.9 Å². The molecule has 3 atom stereocenters. The quantitative estimate of drug-likeness (QED) is 0.459. The molecule has 0 heterocycles. The maximum absolute atomic E-state index is 13.0. The Morgan fingerprint density at radius 3 is 2.50 bits per heavy atom. The fourth-order valence-corrected chi connectivity index (χ4v) is 4.21. The van der Waals surface area contributed by atoms with Crippen molar-refractivity contribution < 1.29 is 14.3 Å². The molecule has 1 saturated carbocycles. The van der Waals surface area contributed by atoms with E-state index in [1.54, 1.807) is 0 Å². The Labute approximate surface area is 159 Å². The van der Waals surface area contributed by atoms with Crippen LogP contribution < -0.4 is 0 Å². The Balaban J connectivity index is 2.55. The predicted octanol–water partition coefficient (Wildman–Crippen LogP) is 4.71. The zero-order chi connectivity index (χ0) is 18.0. The molecule has 128 valence electrons. The number of methoxy groups -OCH3 is 1. The highest BCUT2D eigenvalue weighted by Crippen LogP contribution is 2.75. The van der Waals surface area contributed by atoms with Crippen LogP contribution in [0.4, 0.5) is 0 Å². The van der Waals surface area contributed by atoms with Gasteiger partial charge >= 0.3 is 5.97 Å². The van der Waals surface area contributed by atoms with Crippen LogP contribution in [0.1, 0.15) is 25.3 Å². The summed E-state index contributed by atoms with van der Waals surface area (Å²) in [5.74, 6) is -1.17. The normalized spacial score (nSPS) is 25.2. The number of carbonyl (C=O) groups excluding carboxylic acids is 1. The second-order valence-electron chi connectivity index (χ2n) is 6.34. The summed E-state index contributed by atoms with van der Waals surface area (Å²) in [6.07, 6.45) is 1.92. The molecule has 0 amide bonds. The van der Waals surface area contributed by atoms with Gasteiger partial charge in [-0.15, -0.1) is 0 Å². The standard InChI is InChI=1S/C18H19Br2NO3/c1-17(2)14(9-15(19)20)18(17,16(22)24-11-23-3)13(10-21)12-7-5-4-6-8-12/h4-9,13-14H,11H2,1-3H3. The van der Waals surface area contributed by atoms with Gasteiger partial charge in [0.25, 0.3) is 0 Å². The van der Waals surface area contributed by atoms with E-state index in [4.69, 9.17) is 9.47 Å². The summed E-state index contributed by atoms with van der Waals surface area (Å²) in [5, 5.41) is 9.88. The van der Waals surface area contributed by atoms with Crippen molar-refractivity contribution in [2.75, 3.05) is 13.9 Å². The summed E-state index contributed by atoms with van der Waals surface area (Å²) in [6, 6.07) is 11.7. The van der Waals surface area contributed by atoms with Crippen molar-refractivity contribution >= 4 is 37.8 Å². The molecular weight excluding hydrogens is 438 g/mol. The molecule has 2 rings (SSSR count). The Morgan fingerprint density at radius 2 is 2.00 bits per heavy atom. The van der Waals surface area contributed by atoms with Crippen molar-refractivity contribution in [1.29, 1.82) is 5.26 Å². The first-order chi connectivity index (χ1) is 11.3. The van der Waals surface area contributed by atoms with Crippen molar-refractivity contribution in [1.82, 2.24) is 0 Å². The van der Waals surface area contributed by atoms with E-state index in [0.717, 1.165) is 8.96 Å². The van der Waals surface area contributed by atoms with E-state index < -0.39 is 22.7 Å². The van der Waals surface area contributed by atoms with Gasteiger partial charge in [0.1, 0.15) is 5.41 Å². The molecule has 0 bridgehead atoms. The zero-order valence-electron chi connectivity index (χ0n) is 13.8. The van der Waals surface area contributed by atoms with Crippen LogP contribution in [0.15, 0.2) is 39.8 Å². The minimum absolute atomic E-state index is 0.129. The summed E-state index contributed by atoms with van der Waals surface area (Å²) in [5.41, 5.74) is -0.584. The Bertz CT molecular complexity index is 677. The molecule has 1 aromatic rings. The number of hydrogen-bond acceptors (Lipinski definition) is 4. The third-order valence-corrected chi connectivity index (χ3v) is 5.44. The van der Waals surface area contributed by atoms with Crippen molar-refractivity contribution in [3.05, 3.63) is 45.4 Å². The van der Waals surface area contributed by atoms with Crippen LogP contribution in [-0.4, -0.2) is 19.9 Å². The smallest absolute Gasteiger partial charge is 0.317 e. The molecule has 0 aliphatic heterocycles. The van der Waals surface area contributed by atoms with Crippen LogP contribution in [0.2, 0.25) is 0 Å². The second-order valence-corrected chi connectivity index (χ2v) is 9.11. The molecule has 3 unspecified atom stereocenters. The van der Waals surface area contributed by atoms with Gasteiger partial charge in [0, 0.05) is 13.0 Å². The van der Waals surface area contributed by atoms with Crippen LogP contribution in [0.3, 0.4) is 0 Å². The van der Waals surface area contributed by atoms with Crippen molar-refractivity contribution in [2.45, 2.75) is 19.8 Å². The lowest BCUT2D eigenvalue weighted by Crippen LogP contribution is -2.31.